The summed E-state index contributed by atoms with van der Waals surface area (Å²) in [6.45, 7) is 0.263. The summed E-state index contributed by atoms with van der Waals surface area (Å²) in [5, 5.41) is 9.01. The molecule has 0 fully saturated rings. The van der Waals surface area contributed by atoms with Crippen LogP contribution in [0, 0.1) is 0 Å². The van der Waals surface area contributed by atoms with Gasteiger partial charge in [-0.3, -0.25) is 14.3 Å². The lowest BCUT2D eigenvalue weighted by atomic mass is 10.1. The topological polar surface area (TPSA) is 92.2 Å². The standard InChI is InChI=1S/C15H14N2O4/c18-13-11-5-2-6-12(11)17(15(21)16-13)8-9-3-1-4-10(7-9)14(19)20/h1,3-4,7H,2,5-6,8H2,(H,19,20)(H,16,18,21). The number of aromatic nitrogens is 2. The second-order valence-electron chi connectivity index (χ2n) is 5.13. The fourth-order valence-electron chi connectivity index (χ4n) is 2.79. The van der Waals surface area contributed by atoms with Gasteiger partial charge in [-0.05, 0) is 37.0 Å². The molecule has 0 amide bonds. The van der Waals surface area contributed by atoms with Crippen LogP contribution < -0.4 is 11.2 Å². The van der Waals surface area contributed by atoms with Crippen molar-refractivity contribution in [2.24, 2.45) is 0 Å². The Kier molecular flexibility index (Phi) is 3.21. The first kappa shape index (κ1) is 13.4. The quantitative estimate of drug-likeness (QED) is 0.871. The van der Waals surface area contributed by atoms with Crippen LogP contribution in [0.5, 0.6) is 0 Å². The lowest BCUT2D eigenvalue weighted by Gasteiger charge is -2.11. The van der Waals surface area contributed by atoms with Crippen molar-refractivity contribution in [3.8, 4) is 0 Å². The first-order valence-corrected chi connectivity index (χ1v) is 6.73. The predicted octanol–water partition coefficient (Wildman–Crippen LogP) is 0.772. The fourth-order valence-corrected chi connectivity index (χ4v) is 2.79. The minimum atomic E-state index is -1.00. The molecule has 1 heterocycles. The van der Waals surface area contributed by atoms with Crippen molar-refractivity contribution in [3.63, 3.8) is 0 Å². The van der Waals surface area contributed by atoms with E-state index in [1.54, 1.807) is 18.2 Å². The Hall–Kier alpha value is -2.63. The van der Waals surface area contributed by atoms with Crippen LogP contribution in [0.15, 0.2) is 33.9 Å². The molecule has 0 spiro atoms. The lowest BCUT2D eigenvalue weighted by Crippen LogP contribution is -2.34. The zero-order valence-electron chi connectivity index (χ0n) is 11.3. The third-order valence-corrected chi connectivity index (χ3v) is 3.77. The molecule has 0 bridgehead atoms. The molecule has 0 aliphatic heterocycles. The monoisotopic (exact) mass is 286 g/mol. The summed E-state index contributed by atoms with van der Waals surface area (Å²) < 4.78 is 1.53. The molecule has 2 aromatic rings. The highest BCUT2D eigenvalue weighted by molar-refractivity contribution is 5.87. The highest BCUT2D eigenvalue weighted by Crippen LogP contribution is 2.17. The van der Waals surface area contributed by atoms with Gasteiger partial charge in [0.2, 0.25) is 0 Å². The van der Waals surface area contributed by atoms with E-state index in [0.29, 0.717) is 18.4 Å². The molecule has 6 nitrogen and oxygen atoms in total. The number of H-pyrrole nitrogens is 1. The average molecular weight is 286 g/mol. The Balaban J connectivity index is 2.05. The third-order valence-electron chi connectivity index (χ3n) is 3.77. The maximum atomic E-state index is 12.0. The molecular weight excluding hydrogens is 272 g/mol. The van der Waals surface area contributed by atoms with Crippen molar-refractivity contribution in [2.45, 2.75) is 25.8 Å². The third kappa shape index (κ3) is 2.40. The molecule has 0 saturated heterocycles. The first-order valence-electron chi connectivity index (χ1n) is 6.73. The van der Waals surface area contributed by atoms with Gasteiger partial charge < -0.3 is 5.11 Å². The van der Waals surface area contributed by atoms with E-state index in [4.69, 9.17) is 5.11 Å². The van der Waals surface area contributed by atoms with Gasteiger partial charge in [-0.15, -0.1) is 0 Å². The second kappa shape index (κ2) is 5.05. The number of aromatic carboxylic acids is 1. The molecule has 0 saturated carbocycles. The number of carbonyl (C=O) groups is 1. The molecular formula is C15H14N2O4. The average Bonchev–Trinajstić information content (AvgIpc) is 2.93. The van der Waals surface area contributed by atoms with E-state index in [2.05, 4.69) is 4.98 Å². The fraction of sp³-hybridized carbons (Fsp3) is 0.267. The number of carboxylic acid groups (broad SMARTS) is 1. The summed E-state index contributed by atoms with van der Waals surface area (Å²) in [5.41, 5.74) is 1.60. The summed E-state index contributed by atoms with van der Waals surface area (Å²) in [6, 6.07) is 6.47. The second-order valence-corrected chi connectivity index (χ2v) is 5.13. The van der Waals surface area contributed by atoms with Gasteiger partial charge in [0.05, 0.1) is 12.1 Å². The number of carboxylic acids is 1. The maximum Gasteiger partial charge on any atom is 0.335 e. The molecule has 21 heavy (non-hydrogen) atoms. The molecule has 1 aliphatic carbocycles. The smallest absolute Gasteiger partial charge is 0.335 e. The summed E-state index contributed by atoms with van der Waals surface area (Å²) in [6.07, 6.45) is 2.24. The van der Waals surface area contributed by atoms with E-state index in [1.165, 1.54) is 10.6 Å². The number of nitrogens with zero attached hydrogens (tertiary/aromatic N) is 1. The van der Waals surface area contributed by atoms with E-state index >= 15 is 0 Å². The molecule has 0 atom stereocenters. The Morgan fingerprint density at radius 1 is 1.29 bits per heavy atom. The number of rotatable bonds is 3. The van der Waals surface area contributed by atoms with Crippen molar-refractivity contribution in [2.75, 3.05) is 0 Å². The minimum absolute atomic E-state index is 0.182. The lowest BCUT2D eigenvalue weighted by molar-refractivity contribution is 0.0696. The van der Waals surface area contributed by atoms with Crippen molar-refractivity contribution in [1.82, 2.24) is 9.55 Å². The van der Waals surface area contributed by atoms with Gasteiger partial charge >= 0.3 is 11.7 Å². The summed E-state index contributed by atoms with van der Waals surface area (Å²) in [7, 11) is 0. The minimum Gasteiger partial charge on any atom is -0.478 e. The highest BCUT2D eigenvalue weighted by atomic mass is 16.4. The number of aromatic amines is 1. The summed E-state index contributed by atoms with van der Waals surface area (Å²) in [5.74, 6) is -1.00. The van der Waals surface area contributed by atoms with Gasteiger partial charge in [0, 0.05) is 11.3 Å². The Bertz CT molecular complexity index is 832. The number of nitrogens with one attached hydrogen (secondary N) is 1. The van der Waals surface area contributed by atoms with Crippen LogP contribution in [0.1, 0.15) is 33.6 Å². The molecule has 108 valence electrons. The molecule has 0 radical (unpaired) electrons. The Morgan fingerprint density at radius 2 is 2.10 bits per heavy atom. The van der Waals surface area contributed by atoms with Gasteiger partial charge in [0.15, 0.2) is 0 Å². The number of benzene rings is 1. The van der Waals surface area contributed by atoms with Crippen molar-refractivity contribution < 1.29 is 9.90 Å². The zero-order valence-corrected chi connectivity index (χ0v) is 11.3. The Morgan fingerprint density at radius 3 is 2.86 bits per heavy atom. The van der Waals surface area contributed by atoms with Gasteiger partial charge in [-0.25, -0.2) is 9.59 Å². The summed E-state index contributed by atoms with van der Waals surface area (Å²) in [4.78, 5) is 37.1. The van der Waals surface area contributed by atoms with Crippen LogP contribution in [-0.4, -0.2) is 20.6 Å². The number of fused-ring (bicyclic) bond motifs is 1. The number of hydrogen-bond donors (Lipinski definition) is 2. The van der Waals surface area contributed by atoms with E-state index in [-0.39, 0.29) is 17.7 Å². The van der Waals surface area contributed by atoms with E-state index in [9.17, 15) is 14.4 Å². The Labute approximate surface area is 119 Å². The summed E-state index contributed by atoms with van der Waals surface area (Å²) >= 11 is 0. The molecule has 3 rings (SSSR count). The van der Waals surface area contributed by atoms with E-state index in [1.807, 2.05) is 0 Å². The van der Waals surface area contributed by atoms with Crippen LogP contribution in [0.25, 0.3) is 0 Å². The van der Waals surface area contributed by atoms with Crippen LogP contribution in [0.3, 0.4) is 0 Å². The van der Waals surface area contributed by atoms with Crippen LogP contribution in [0.2, 0.25) is 0 Å². The van der Waals surface area contributed by atoms with E-state index < -0.39 is 11.7 Å². The molecule has 1 aromatic heterocycles. The zero-order chi connectivity index (χ0) is 15.0. The molecule has 1 aliphatic rings. The predicted molar refractivity (Wildman–Crippen MR) is 75.9 cm³/mol. The van der Waals surface area contributed by atoms with Crippen molar-refractivity contribution in [1.29, 1.82) is 0 Å². The number of hydrogen-bond acceptors (Lipinski definition) is 3. The SMILES string of the molecule is O=C(O)c1cccc(Cn2c3c(c(=O)[nH]c2=O)CCC3)c1. The first-order chi connectivity index (χ1) is 10.1. The van der Waals surface area contributed by atoms with Crippen molar-refractivity contribution >= 4 is 5.97 Å². The van der Waals surface area contributed by atoms with Gasteiger partial charge in [-0.1, -0.05) is 12.1 Å². The van der Waals surface area contributed by atoms with Gasteiger partial charge in [0.1, 0.15) is 0 Å². The van der Waals surface area contributed by atoms with Gasteiger partial charge in [-0.2, -0.15) is 0 Å². The van der Waals surface area contributed by atoms with Crippen LogP contribution in [0.4, 0.5) is 0 Å². The largest absolute Gasteiger partial charge is 0.478 e. The maximum absolute atomic E-state index is 12.0. The van der Waals surface area contributed by atoms with Crippen LogP contribution in [-0.2, 0) is 19.4 Å². The molecule has 1 aromatic carbocycles. The molecule has 0 unspecified atom stereocenters. The molecule has 2 N–H and O–H groups in total. The van der Waals surface area contributed by atoms with Crippen LogP contribution >= 0.6 is 0 Å². The normalized spacial score (nSPS) is 13.1. The van der Waals surface area contributed by atoms with Gasteiger partial charge in [0.25, 0.3) is 5.56 Å². The highest BCUT2D eigenvalue weighted by Gasteiger charge is 2.20. The molecule has 6 heteroatoms. The van der Waals surface area contributed by atoms with E-state index in [0.717, 1.165) is 17.7 Å². The van der Waals surface area contributed by atoms with Crippen molar-refractivity contribution in [3.05, 3.63) is 67.5 Å².